The highest BCUT2D eigenvalue weighted by Gasteiger charge is 2.45. The average molecular weight is 246 g/mol. The normalized spacial score (nSPS) is 18.3. The molecule has 0 aromatic carbocycles. The van der Waals surface area contributed by atoms with Crippen molar-refractivity contribution in [2.75, 3.05) is 20.2 Å². The molecule has 0 saturated carbocycles. The summed E-state index contributed by atoms with van der Waals surface area (Å²) in [5.41, 5.74) is 0.632. The maximum Gasteiger partial charge on any atom is 0.314 e. The number of hydrogen-bond donors (Lipinski definition) is 1. The summed E-state index contributed by atoms with van der Waals surface area (Å²) in [5.74, 6) is -0.150. The third-order valence-corrected chi connectivity index (χ3v) is 4.02. The average Bonchev–Trinajstić information content (AvgIpc) is 2.56. The Labute approximate surface area is 97.4 Å². The van der Waals surface area contributed by atoms with Crippen molar-refractivity contribution >= 4 is 28.9 Å². The van der Waals surface area contributed by atoms with Gasteiger partial charge in [-0.15, -0.1) is 11.3 Å². The maximum atomic E-state index is 11.7. The molecule has 0 radical (unpaired) electrons. The first kappa shape index (κ1) is 10.9. The fourth-order valence-electron chi connectivity index (χ4n) is 1.79. The van der Waals surface area contributed by atoms with E-state index in [1.54, 1.807) is 0 Å². The molecule has 2 rings (SSSR count). The summed E-state index contributed by atoms with van der Waals surface area (Å²) in [6.45, 7) is 1.34. The summed E-state index contributed by atoms with van der Waals surface area (Å²) in [6, 6.07) is 1.97. The summed E-state index contributed by atoms with van der Waals surface area (Å²) in [6.07, 6.45) is 0.662. The molecule has 1 fully saturated rings. The number of carbonyl (C=O) groups excluding carboxylic acids is 1. The first-order valence-corrected chi connectivity index (χ1v) is 5.95. The lowest BCUT2D eigenvalue weighted by Gasteiger charge is -2.39. The Morgan fingerprint density at radius 3 is 2.87 bits per heavy atom. The molecular weight excluding hydrogens is 234 g/mol. The first-order valence-electron chi connectivity index (χ1n) is 4.69. The van der Waals surface area contributed by atoms with E-state index in [4.69, 9.17) is 16.3 Å². The molecular formula is C10H12ClNO2S. The van der Waals surface area contributed by atoms with Crippen LogP contribution in [0.2, 0.25) is 4.34 Å². The number of thiophene rings is 1. The van der Waals surface area contributed by atoms with Gasteiger partial charge in [0.2, 0.25) is 0 Å². The van der Waals surface area contributed by atoms with Gasteiger partial charge in [-0.1, -0.05) is 11.6 Å². The van der Waals surface area contributed by atoms with Gasteiger partial charge in [0.05, 0.1) is 16.9 Å². The van der Waals surface area contributed by atoms with E-state index in [0.29, 0.717) is 19.5 Å². The predicted molar refractivity (Wildman–Crippen MR) is 60.4 cm³/mol. The number of ether oxygens (including phenoxy) is 1. The van der Waals surface area contributed by atoms with Crippen molar-refractivity contribution < 1.29 is 9.53 Å². The van der Waals surface area contributed by atoms with Gasteiger partial charge < -0.3 is 10.1 Å². The Hall–Kier alpha value is -0.580. The van der Waals surface area contributed by atoms with Gasteiger partial charge in [-0.25, -0.2) is 0 Å². The van der Waals surface area contributed by atoms with Gasteiger partial charge in [0, 0.05) is 13.1 Å². The van der Waals surface area contributed by atoms with Crippen molar-refractivity contribution in [3.8, 4) is 0 Å². The molecule has 0 bridgehead atoms. The van der Waals surface area contributed by atoms with Gasteiger partial charge in [0.25, 0.3) is 0 Å². The number of nitrogens with one attached hydrogen (secondary N) is 1. The highest BCUT2D eigenvalue weighted by Crippen LogP contribution is 2.33. The summed E-state index contributed by atoms with van der Waals surface area (Å²) < 4.78 is 5.60. The first-order chi connectivity index (χ1) is 7.18. The molecule has 0 atom stereocenters. The van der Waals surface area contributed by atoms with Crippen molar-refractivity contribution in [1.82, 2.24) is 5.32 Å². The number of hydrogen-bond acceptors (Lipinski definition) is 4. The van der Waals surface area contributed by atoms with Crippen LogP contribution in [0.25, 0.3) is 0 Å². The molecule has 3 nitrogen and oxygen atoms in total. The molecule has 15 heavy (non-hydrogen) atoms. The standard InChI is InChI=1S/C10H12ClNO2S/c1-14-9(13)10(5-12-6-10)4-7-2-3-15-8(7)11/h2-3,12H,4-6H2,1H3. The summed E-state index contributed by atoms with van der Waals surface area (Å²) >= 11 is 7.51. The van der Waals surface area contributed by atoms with Crippen molar-refractivity contribution in [2.24, 2.45) is 5.41 Å². The molecule has 0 aliphatic carbocycles. The van der Waals surface area contributed by atoms with Crippen molar-refractivity contribution in [3.63, 3.8) is 0 Å². The molecule has 1 N–H and O–H groups in total. The van der Waals surface area contributed by atoms with E-state index in [1.165, 1.54) is 18.4 Å². The smallest absolute Gasteiger partial charge is 0.314 e. The third-order valence-electron chi connectivity index (χ3n) is 2.77. The molecule has 0 amide bonds. The van der Waals surface area contributed by atoms with E-state index in [-0.39, 0.29) is 5.97 Å². The quantitative estimate of drug-likeness (QED) is 0.824. The van der Waals surface area contributed by atoms with Crippen LogP contribution in [0.1, 0.15) is 5.56 Å². The lowest BCUT2D eigenvalue weighted by molar-refractivity contribution is -0.156. The number of esters is 1. The van der Waals surface area contributed by atoms with Gasteiger partial charge in [0.15, 0.2) is 0 Å². The lowest BCUT2D eigenvalue weighted by Crippen LogP contribution is -2.59. The second-order valence-electron chi connectivity index (χ2n) is 3.77. The number of rotatable bonds is 3. The molecule has 5 heteroatoms. The van der Waals surface area contributed by atoms with Crippen LogP contribution < -0.4 is 5.32 Å². The molecule has 1 aromatic rings. The van der Waals surface area contributed by atoms with Crippen LogP contribution in [0.4, 0.5) is 0 Å². The Bertz CT molecular complexity index is 373. The molecule has 2 heterocycles. The number of carbonyl (C=O) groups is 1. The molecule has 82 valence electrons. The zero-order valence-electron chi connectivity index (χ0n) is 8.38. The minimum Gasteiger partial charge on any atom is -0.469 e. The Morgan fingerprint density at radius 2 is 2.47 bits per heavy atom. The van der Waals surface area contributed by atoms with Crippen LogP contribution in [0.5, 0.6) is 0 Å². The molecule has 1 aromatic heterocycles. The van der Waals surface area contributed by atoms with E-state index < -0.39 is 5.41 Å². The van der Waals surface area contributed by atoms with Gasteiger partial charge in [-0.2, -0.15) is 0 Å². The summed E-state index contributed by atoms with van der Waals surface area (Å²) in [4.78, 5) is 11.7. The van der Waals surface area contributed by atoms with Crippen molar-refractivity contribution in [2.45, 2.75) is 6.42 Å². The largest absolute Gasteiger partial charge is 0.469 e. The SMILES string of the molecule is COC(=O)C1(Cc2ccsc2Cl)CNC1. The lowest BCUT2D eigenvalue weighted by atomic mass is 9.77. The Kier molecular flexibility index (Phi) is 3.00. The number of methoxy groups -OCH3 is 1. The molecule has 1 aliphatic rings. The van der Waals surface area contributed by atoms with Crippen molar-refractivity contribution in [3.05, 3.63) is 21.3 Å². The zero-order valence-corrected chi connectivity index (χ0v) is 9.95. The van der Waals surface area contributed by atoms with Crippen LogP contribution in [-0.4, -0.2) is 26.2 Å². The molecule has 0 spiro atoms. The van der Waals surface area contributed by atoms with Crippen LogP contribution in [0.3, 0.4) is 0 Å². The fraction of sp³-hybridized carbons (Fsp3) is 0.500. The number of halogens is 1. The zero-order chi connectivity index (χ0) is 10.9. The van der Waals surface area contributed by atoms with Gasteiger partial charge in [0.1, 0.15) is 0 Å². The monoisotopic (exact) mass is 245 g/mol. The maximum absolute atomic E-state index is 11.7. The van der Waals surface area contributed by atoms with Gasteiger partial charge in [-0.3, -0.25) is 4.79 Å². The third kappa shape index (κ3) is 1.89. The summed E-state index contributed by atoms with van der Waals surface area (Å²) in [7, 11) is 1.43. The highest BCUT2D eigenvalue weighted by atomic mass is 35.5. The molecule has 1 aliphatic heterocycles. The van der Waals surface area contributed by atoms with Gasteiger partial charge in [-0.05, 0) is 23.4 Å². The molecule has 0 unspecified atom stereocenters. The Balaban J connectivity index is 2.15. The summed E-state index contributed by atoms with van der Waals surface area (Å²) in [5, 5.41) is 5.05. The topological polar surface area (TPSA) is 38.3 Å². The van der Waals surface area contributed by atoms with Crippen molar-refractivity contribution in [1.29, 1.82) is 0 Å². The van der Waals surface area contributed by atoms with E-state index in [0.717, 1.165) is 9.90 Å². The molecule has 1 saturated heterocycles. The minimum absolute atomic E-state index is 0.150. The predicted octanol–water partition coefficient (Wildman–Crippen LogP) is 1.71. The van der Waals surface area contributed by atoms with E-state index in [1.807, 2.05) is 11.4 Å². The highest BCUT2D eigenvalue weighted by molar-refractivity contribution is 7.14. The van der Waals surface area contributed by atoms with E-state index >= 15 is 0 Å². The van der Waals surface area contributed by atoms with Crippen LogP contribution in [0, 0.1) is 5.41 Å². The second-order valence-corrected chi connectivity index (χ2v) is 5.29. The minimum atomic E-state index is -0.403. The van der Waals surface area contributed by atoms with E-state index in [9.17, 15) is 4.79 Å². The van der Waals surface area contributed by atoms with Crippen LogP contribution in [0.15, 0.2) is 11.4 Å². The fourth-order valence-corrected chi connectivity index (χ4v) is 2.72. The van der Waals surface area contributed by atoms with E-state index in [2.05, 4.69) is 5.32 Å². The van der Waals surface area contributed by atoms with Crippen LogP contribution in [-0.2, 0) is 16.0 Å². The Morgan fingerprint density at radius 1 is 1.73 bits per heavy atom. The second kappa shape index (κ2) is 4.12. The van der Waals surface area contributed by atoms with Crippen LogP contribution >= 0.6 is 22.9 Å². The van der Waals surface area contributed by atoms with Gasteiger partial charge >= 0.3 is 5.97 Å².